The van der Waals surface area contributed by atoms with Crippen molar-refractivity contribution >= 4 is 26.7 Å². The molecule has 0 aliphatic carbocycles. The van der Waals surface area contributed by atoms with Gasteiger partial charge in [0.1, 0.15) is 5.75 Å². The third-order valence-electron chi connectivity index (χ3n) is 4.63. The number of nitrogens with one attached hydrogen (secondary N) is 2. The smallest absolute Gasteiger partial charge is 0.241 e. The number of sulfonamides is 1. The molecule has 0 bridgehead atoms. The second-order valence-corrected chi connectivity index (χ2v) is 8.46. The van der Waals surface area contributed by atoms with Crippen LogP contribution in [0, 0.1) is 0 Å². The van der Waals surface area contributed by atoms with E-state index in [1.54, 1.807) is 25.3 Å². The van der Waals surface area contributed by atoms with Crippen LogP contribution < -0.4 is 14.8 Å². The zero-order valence-corrected chi connectivity index (χ0v) is 17.2. The zero-order chi connectivity index (χ0) is 20.9. The molecular formula is C22H24N2O4S. The first kappa shape index (κ1) is 20.8. The van der Waals surface area contributed by atoms with Crippen molar-refractivity contribution < 1.29 is 17.9 Å². The molecule has 0 aliphatic heterocycles. The normalized spacial score (nSPS) is 12.5. The molecular weight excluding hydrogens is 388 g/mol. The van der Waals surface area contributed by atoms with Crippen LogP contribution in [-0.2, 0) is 21.2 Å². The number of methoxy groups -OCH3 is 1. The molecule has 0 saturated heterocycles. The van der Waals surface area contributed by atoms with Crippen LogP contribution in [-0.4, -0.2) is 34.0 Å². The molecule has 0 aliphatic rings. The monoisotopic (exact) mass is 412 g/mol. The highest BCUT2D eigenvalue weighted by Crippen LogP contribution is 2.19. The number of carbonyl (C=O) groups is 1. The molecule has 3 rings (SSSR count). The lowest BCUT2D eigenvalue weighted by atomic mass is 10.1. The van der Waals surface area contributed by atoms with Gasteiger partial charge in [-0.15, -0.1) is 0 Å². The second kappa shape index (κ2) is 9.07. The number of fused-ring (bicyclic) bond motifs is 1. The van der Waals surface area contributed by atoms with Crippen LogP contribution in [0.25, 0.3) is 10.8 Å². The number of benzene rings is 3. The van der Waals surface area contributed by atoms with Crippen LogP contribution >= 0.6 is 0 Å². The lowest BCUT2D eigenvalue weighted by Crippen LogP contribution is -2.45. The topological polar surface area (TPSA) is 84.5 Å². The first-order valence-corrected chi connectivity index (χ1v) is 10.8. The van der Waals surface area contributed by atoms with Crippen molar-refractivity contribution in [2.24, 2.45) is 0 Å². The molecule has 3 aromatic rings. The Labute approximate surface area is 170 Å². The Morgan fingerprint density at radius 2 is 1.69 bits per heavy atom. The van der Waals surface area contributed by atoms with Gasteiger partial charge in [-0.2, -0.15) is 4.72 Å². The van der Waals surface area contributed by atoms with Crippen LogP contribution in [0.5, 0.6) is 5.75 Å². The van der Waals surface area contributed by atoms with Gasteiger partial charge in [-0.05, 0) is 53.9 Å². The second-order valence-electron chi connectivity index (χ2n) is 6.74. The van der Waals surface area contributed by atoms with Gasteiger partial charge in [0.15, 0.2) is 0 Å². The fourth-order valence-electron chi connectivity index (χ4n) is 2.96. The SMILES string of the molecule is COc1ccc(CCNC(=O)[C@@H](C)NS(=O)(=O)c2ccc3ccccc3c2)cc1. The van der Waals surface area contributed by atoms with E-state index in [9.17, 15) is 13.2 Å². The average molecular weight is 413 g/mol. The Morgan fingerprint density at radius 3 is 2.38 bits per heavy atom. The molecule has 6 nitrogen and oxygen atoms in total. The predicted molar refractivity (Wildman–Crippen MR) is 113 cm³/mol. The summed E-state index contributed by atoms with van der Waals surface area (Å²) in [5, 5.41) is 4.55. The summed E-state index contributed by atoms with van der Waals surface area (Å²) in [5.74, 6) is 0.400. The third-order valence-corrected chi connectivity index (χ3v) is 6.17. The van der Waals surface area contributed by atoms with Crippen molar-refractivity contribution in [2.75, 3.05) is 13.7 Å². The number of carbonyl (C=O) groups excluding carboxylic acids is 1. The maximum absolute atomic E-state index is 12.6. The minimum absolute atomic E-state index is 0.133. The summed E-state index contributed by atoms with van der Waals surface area (Å²) in [5.41, 5.74) is 1.05. The van der Waals surface area contributed by atoms with Gasteiger partial charge in [0, 0.05) is 6.54 Å². The average Bonchev–Trinajstić information content (AvgIpc) is 2.73. The maximum atomic E-state index is 12.6. The molecule has 0 aromatic heterocycles. The van der Waals surface area contributed by atoms with Crippen molar-refractivity contribution in [1.82, 2.24) is 10.0 Å². The predicted octanol–water partition coefficient (Wildman–Crippen LogP) is 2.87. The van der Waals surface area contributed by atoms with Crippen molar-refractivity contribution in [1.29, 1.82) is 0 Å². The maximum Gasteiger partial charge on any atom is 0.241 e. The largest absolute Gasteiger partial charge is 0.497 e. The molecule has 29 heavy (non-hydrogen) atoms. The van der Waals surface area contributed by atoms with E-state index < -0.39 is 16.1 Å². The lowest BCUT2D eigenvalue weighted by molar-refractivity contribution is -0.122. The highest BCUT2D eigenvalue weighted by molar-refractivity contribution is 7.89. The molecule has 1 atom stereocenters. The molecule has 0 saturated carbocycles. The van der Waals surface area contributed by atoms with Crippen molar-refractivity contribution in [2.45, 2.75) is 24.3 Å². The van der Waals surface area contributed by atoms with Crippen LogP contribution in [0.3, 0.4) is 0 Å². The number of amides is 1. The van der Waals surface area contributed by atoms with E-state index in [0.717, 1.165) is 22.1 Å². The van der Waals surface area contributed by atoms with Gasteiger partial charge in [-0.3, -0.25) is 4.79 Å². The first-order valence-electron chi connectivity index (χ1n) is 9.31. The summed E-state index contributed by atoms with van der Waals surface area (Å²) in [7, 11) is -2.20. The summed E-state index contributed by atoms with van der Waals surface area (Å²) in [6.45, 7) is 1.94. The summed E-state index contributed by atoms with van der Waals surface area (Å²) < 4.78 is 32.8. The van der Waals surface area contributed by atoms with E-state index >= 15 is 0 Å². The zero-order valence-electron chi connectivity index (χ0n) is 16.4. The fourth-order valence-corrected chi connectivity index (χ4v) is 4.20. The van der Waals surface area contributed by atoms with Gasteiger partial charge in [0.25, 0.3) is 0 Å². The number of hydrogen-bond acceptors (Lipinski definition) is 4. The van der Waals surface area contributed by atoms with E-state index in [0.29, 0.717) is 13.0 Å². The molecule has 152 valence electrons. The van der Waals surface area contributed by atoms with E-state index in [-0.39, 0.29) is 10.8 Å². The summed E-state index contributed by atoms with van der Waals surface area (Å²) in [6.07, 6.45) is 0.639. The molecule has 0 heterocycles. The third kappa shape index (κ3) is 5.34. The van der Waals surface area contributed by atoms with E-state index in [1.165, 1.54) is 6.92 Å². The van der Waals surface area contributed by atoms with Crippen LogP contribution in [0.15, 0.2) is 71.6 Å². The highest BCUT2D eigenvalue weighted by Gasteiger charge is 2.22. The van der Waals surface area contributed by atoms with Gasteiger partial charge >= 0.3 is 0 Å². The Hall–Kier alpha value is -2.90. The summed E-state index contributed by atoms with van der Waals surface area (Å²) in [4.78, 5) is 12.4. The summed E-state index contributed by atoms with van der Waals surface area (Å²) >= 11 is 0. The van der Waals surface area contributed by atoms with Crippen LogP contribution in [0.1, 0.15) is 12.5 Å². The molecule has 0 fully saturated rings. The van der Waals surface area contributed by atoms with Crippen molar-refractivity contribution in [3.63, 3.8) is 0 Å². The molecule has 7 heteroatoms. The minimum Gasteiger partial charge on any atom is -0.497 e. The lowest BCUT2D eigenvalue weighted by Gasteiger charge is -2.15. The van der Waals surface area contributed by atoms with Crippen LogP contribution in [0.2, 0.25) is 0 Å². The quantitative estimate of drug-likeness (QED) is 0.596. The molecule has 1 amide bonds. The highest BCUT2D eigenvalue weighted by atomic mass is 32.2. The summed E-state index contributed by atoms with van der Waals surface area (Å²) in [6, 6.07) is 19.1. The number of ether oxygens (including phenoxy) is 1. The molecule has 0 unspecified atom stereocenters. The van der Waals surface area contributed by atoms with Gasteiger partial charge in [0.2, 0.25) is 15.9 Å². The van der Waals surface area contributed by atoms with Gasteiger partial charge in [-0.25, -0.2) is 8.42 Å². The van der Waals surface area contributed by atoms with Gasteiger partial charge in [-0.1, -0.05) is 42.5 Å². The molecule has 0 spiro atoms. The standard InChI is InChI=1S/C22H24N2O4S/c1-16(22(25)23-14-13-17-7-10-20(28-2)11-8-17)24-29(26,27)21-12-9-18-5-3-4-6-19(18)15-21/h3-12,15-16,24H,13-14H2,1-2H3,(H,23,25)/t16-/m1/s1. The molecule has 2 N–H and O–H groups in total. The van der Waals surface area contributed by atoms with Gasteiger partial charge in [0.05, 0.1) is 18.0 Å². The van der Waals surface area contributed by atoms with Gasteiger partial charge < -0.3 is 10.1 Å². The Balaban J connectivity index is 1.57. The molecule has 0 radical (unpaired) electrons. The number of rotatable bonds is 8. The van der Waals surface area contributed by atoms with E-state index in [4.69, 9.17) is 4.74 Å². The Bertz CT molecular complexity index is 1100. The minimum atomic E-state index is -3.81. The Morgan fingerprint density at radius 1 is 1.00 bits per heavy atom. The van der Waals surface area contributed by atoms with Crippen molar-refractivity contribution in [3.8, 4) is 5.75 Å². The van der Waals surface area contributed by atoms with Crippen LogP contribution in [0.4, 0.5) is 0 Å². The number of hydrogen-bond donors (Lipinski definition) is 2. The Kier molecular flexibility index (Phi) is 6.51. The van der Waals surface area contributed by atoms with E-state index in [1.807, 2.05) is 48.5 Å². The van der Waals surface area contributed by atoms with E-state index in [2.05, 4.69) is 10.0 Å². The first-order chi connectivity index (χ1) is 13.9. The fraction of sp³-hybridized carbons (Fsp3) is 0.227. The molecule has 3 aromatic carbocycles. The van der Waals surface area contributed by atoms with Crippen molar-refractivity contribution in [3.05, 3.63) is 72.3 Å².